The molecule has 0 aromatic carbocycles. The van der Waals surface area contributed by atoms with Crippen LogP contribution in [0.5, 0.6) is 0 Å². The van der Waals surface area contributed by atoms with Crippen LogP contribution in [-0.4, -0.2) is 16.2 Å². The van der Waals surface area contributed by atoms with Gasteiger partial charge >= 0.3 is 0 Å². The zero-order chi connectivity index (χ0) is 10.2. The molecule has 0 amide bonds. The molecule has 0 N–H and O–H groups in total. The summed E-state index contributed by atoms with van der Waals surface area (Å²) in [6.07, 6.45) is 12.1. The number of hydrogen-bond acceptors (Lipinski definition) is 2. The van der Waals surface area contributed by atoms with Crippen LogP contribution in [0.1, 0.15) is 39.0 Å². The third-order valence-electron chi connectivity index (χ3n) is 2.19. The fraction of sp³-hybridized carbons (Fsp3) is 0.700. The summed E-state index contributed by atoms with van der Waals surface area (Å²) >= 11 is 3.49. The third kappa shape index (κ3) is 4.13. The molecule has 0 radical (unpaired) electrons. The number of aromatic nitrogens is 2. The van der Waals surface area contributed by atoms with Gasteiger partial charge in [-0.3, -0.25) is 0 Å². The molecule has 1 aromatic rings. The first kappa shape index (κ1) is 11.6. The molecule has 0 saturated heterocycles. The normalized spacial score (nSPS) is 10.4. The number of unbranched alkanes of at least 4 members (excludes halogenated alkanes) is 4. The van der Waals surface area contributed by atoms with Crippen LogP contribution in [0.3, 0.4) is 0 Å². The monoisotopic (exact) mass is 259 g/mol. The van der Waals surface area contributed by atoms with Gasteiger partial charge in [0.25, 0.3) is 0 Å². The average molecular weight is 260 g/mol. The number of nitrogens with zero attached hydrogens (tertiary/aromatic N) is 3. The van der Waals surface area contributed by atoms with Crippen molar-refractivity contribution >= 4 is 16.1 Å². The summed E-state index contributed by atoms with van der Waals surface area (Å²) in [5.41, 5.74) is 0. The lowest BCUT2D eigenvalue weighted by atomic mass is 10.2. The summed E-state index contributed by atoms with van der Waals surface area (Å²) in [6.45, 7) is 3.27. The Morgan fingerprint density at radius 2 is 2.07 bits per heavy atom. The standard InChI is InChI=1S/C10H18BrN3/c1-2-3-4-5-6-8-14(11)13-9-7-12-10-13/h7,9-10H,2-6,8H2,1H3. The second-order valence-electron chi connectivity index (χ2n) is 3.42. The molecule has 0 aliphatic heterocycles. The zero-order valence-corrected chi connectivity index (χ0v) is 10.3. The van der Waals surface area contributed by atoms with E-state index in [0.29, 0.717) is 0 Å². The van der Waals surface area contributed by atoms with Gasteiger partial charge in [0.1, 0.15) is 6.33 Å². The maximum atomic E-state index is 3.99. The quantitative estimate of drug-likeness (QED) is 0.555. The van der Waals surface area contributed by atoms with Gasteiger partial charge in [-0.15, -0.1) is 0 Å². The van der Waals surface area contributed by atoms with Gasteiger partial charge in [-0.25, -0.2) is 13.7 Å². The minimum atomic E-state index is 1.03. The number of imidazole rings is 1. The van der Waals surface area contributed by atoms with Gasteiger partial charge in [0, 0.05) is 18.9 Å². The van der Waals surface area contributed by atoms with Crippen molar-refractivity contribution in [3.05, 3.63) is 18.7 Å². The molecule has 0 bridgehead atoms. The molecule has 0 atom stereocenters. The fourth-order valence-corrected chi connectivity index (χ4v) is 1.78. The maximum absolute atomic E-state index is 3.99. The molecule has 0 saturated carbocycles. The van der Waals surface area contributed by atoms with Gasteiger partial charge in [-0.2, -0.15) is 0 Å². The zero-order valence-electron chi connectivity index (χ0n) is 8.69. The number of halogens is 1. The van der Waals surface area contributed by atoms with E-state index in [1.807, 2.05) is 14.9 Å². The second kappa shape index (κ2) is 6.87. The highest BCUT2D eigenvalue weighted by molar-refractivity contribution is 9.09. The smallest absolute Gasteiger partial charge is 0.115 e. The van der Waals surface area contributed by atoms with E-state index in [-0.39, 0.29) is 0 Å². The summed E-state index contributed by atoms with van der Waals surface area (Å²) < 4.78 is 3.95. The van der Waals surface area contributed by atoms with Gasteiger partial charge < -0.3 is 0 Å². The fourth-order valence-electron chi connectivity index (χ4n) is 1.34. The lowest BCUT2D eigenvalue weighted by Crippen LogP contribution is -2.23. The molecule has 80 valence electrons. The van der Waals surface area contributed by atoms with E-state index in [2.05, 4.69) is 28.1 Å². The molecule has 1 aromatic heterocycles. The van der Waals surface area contributed by atoms with E-state index in [9.17, 15) is 0 Å². The largest absolute Gasteiger partial charge is 0.245 e. The van der Waals surface area contributed by atoms with Crippen LogP contribution in [0.25, 0.3) is 0 Å². The predicted molar refractivity (Wildman–Crippen MR) is 63.0 cm³/mol. The third-order valence-corrected chi connectivity index (χ3v) is 2.91. The molecular weight excluding hydrogens is 242 g/mol. The summed E-state index contributed by atoms with van der Waals surface area (Å²) in [6, 6.07) is 0. The van der Waals surface area contributed by atoms with Gasteiger partial charge in [0.05, 0.1) is 16.1 Å². The van der Waals surface area contributed by atoms with Crippen LogP contribution in [0.4, 0.5) is 0 Å². The van der Waals surface area contributed by atoms with Crippen LogP contribution in [0.15, 0.2) is 18.7 Å². The molecule has 0 aliphatic carbocycles. The van der Waals surface area contributed by atoms with Crippen molar-refractivity contribution in [2.24, 2.45) is 0 Å². The van der Waals surface area contributed by atoms with E-state index in [4.69, 9.17) is 0 Å². The molecule has 0 unspecified atom stereocenters. The van der Waals surface area contributed by atoms with E-state index < -0.39 is 0 Å². The Kier molecular flexibility index (Phi) is 5.68. The van der Waals surface area contributed by atoms with E-state index in [1.54, 1.807) is 12.5 Å². The summed E-state index contributed by atoms with van der Waals surface area (Å²) in [7, 11) is 0. The van der Waals surface area contributed by atoms with Crippen molar-refractivity contribution in [1.29, 1.82) is 0 Å². The Morgan fingerprint density at radius 1 is 1.29 bits per heavy atom. The van der Waals surface area contributed by atoms with E-state index >= 15 is 0 Å². The second-order valence-corrected chi connectivity index (χ2v) is 4.24. The van der Waals surface area contributed by atoms with Gasteiger partial charge in [0.2, 0.25) is 0 Å². The van der Waals surface area contributed by atoms with Crippen LogP contribution in [0.2, 0.25) is 0 Å². The molecule has 14 heavy (non-hydrogen) atoms. The summed E-state index contributed by atoms with van der Waals surface area (Å²) in [5, 5.41) is 0. The van der Waals surface area contributed by atoms with Crippen molar-refractivity contribution in [1.82, 2.24) is 9.66 Å². The highest BCUT2D eigenvalue weighted by Crippen LogP contribution is 2.05. The maximum Gasteiger partial charge on any atom is 0.115 e. The van der Waals surface area contributed by atoms with Crippen molar-refractivity contribution in [3.8, 4) is 0 Å². The van der Waals surface area contributed by atoms with Gasteiger partial charge in [-0.1, -0.05) is 32.6 Å². The van der Waals surface area contributed by atoms with Crippen LogP contribution in [-0.2, 0) is 0 Å². The van der Waals surface area contributed by atoms with Crippen LogP contribution < -0.4 is 4.03 Å². The van der Waals surface area contributed by atoms with Crippen molar-refractivity contribution < 1.29 is 0 Å². The first-order chi connectivity index (χ1) is 6.84. The molecule has 3 nitrogen and oxygen atoms in total. The average Bonchev–Trinajstić information content (AvgIpc) is 2.70. The Morgan fingerprint density at radius 3 is 2.71 bits per heavy atom. The molecule has 1 rings (SSSR count). The Labute approximate surface area is 94.4 Å². The van der Waals surface area contributed by atoms with Crippen LogP contribution >= 0.6 is 16.1 Å². The molecule has 0 aliphatic rings. The van der Waals surface area contributed by atoms with Crippen molar-refractivity contribution in [2.75, 3.05) is 10.6 Å². The first-order valence-corrected chi connectivity index (χ1v) is 5.97. The highest BCUT2D eigenvalue weighted by Gasteiger charge is 1.99. The van der Waals surface area contributed by atoms with Crippen molar-refractivity contribution in [3.63, 3.8) is 0 Å². The molecule has 0 spiro atoms. The summed E-state index contributed by atoms with van der Waals surface area (Å²) in [5.74, 6) is 0. The van der Waals surface area contributed by atoms with E-state index in [1.165, 1.54) is 32.1 Å². The summed E-state index contributed by atoms with van der Waals surface area (Å²) in [4.78, 5) is 3.99. The first-order valence-electron chi connectivity index (χ1n) is 5.26. The molecule has 4 heteroatoms. The minimum Gasteiger partial charge on any atom is -0.245 e. The Hall–Kier alpha value is -0.510. The Balaban J connectivity index is 2.07. The molecule has 1 heterocycles. The molecule has 0 fully saturated rings. The van der Waals surface area contributed by atoms with Crippen LogP contribution in [0, 0.1) is 0 Å². The number of rotatable bonds is 7. The van der Waals surface area contributed by atoms with Crippen molar-refractivity contribution in [2.45, 2.75) is 39.0 Å². The van der Waals surface area contributed by atoms with Gasteiger partial charge in [0.15, 0.2) is 0 Å². The highest BCUT2D eigenvalue weighted by atomic mass is 79.9. The van der Waals surface area contributed by atoms with Gasteiger partial charge in [-0.05, 0) is 6.42 Å². The lowest BCUT2D eigenvalue weighted by molar-refractivity contribution is 0.614. The minimum absolute atomic E-state index is 1.03. The topological polar surface area (TPSA) is 21.1 Å². The number of hydrogen-bond donors (Lipinski definition) is 0. The Bertz CT molecular complexity index is 223. The predicted octanol–water partition coefficient (Wildman–Crippen LogP) is 3.10. The lowest BCUT2D eigenvalue weighted by Gasteiger charge is -2.16. The SMILES string of the molecule is CCCCCCCN(Br)n1ccnc1. The molecular formula is C10H18BrN3. The van der Waals surface area contributed by atoms with E-state index in [0.717, 1.165) is 6.54 Å².